The summed E-state index contributed by atoms with van der Waals surface area (Å²) in [6.07, 6.45) is -1.59. The molecule has 0 aliphatic heterocycles. The fourth-order valence-corrected chi connectivity index (χ4v) is 3.92. The molecule has 1 aliphatic carbocycles. The van der Waals surface area contributed by atoms with Gasteiger partial charge in [-0.05, 0) is 33.9 Å². The predicted molar refractivity (Wildman–Crippen MR) is 110 cm³/mol. The summed E-state index contributed by atoms with van der Waals surface area (Å²) in [5.74, 6) is -5.50. The minimum absolute atomic E-state index is 0.0360. The molecule has 0 aromatic heterocycles. The lowest BCUT2D eigenvalue weighted by Crippen LogP contribution is -2.43. The van der Waals surface area contributed by atoms with E-state index in [1.165, 1.54) is 0 Å². The van der Waals surface area contributed by atoms with Crippen LogP contribution in [-0.4, -0.2) is 29.8 Å². The molecule has 1 atom stereocenters. The maximum atomic E-state index is 13.9. The normalized spacial score (nSPS) is 13.2. The van der Waals surface area contributed by atoms with Gasteiger partial charge in [0.1, 0.15) is 18.5 Å². The van der Waals surface area contributed by atoms with Gasteiger partial charge in [0.2, 0.25) is 0 Å². The Morgan fingerprint density at radius 1 is 0.906 bits per heavy atom. The smallest absolute Gasteiger partial charge is 0.407 e. The molecule has 2 N–H and O–H groups in total. The number of alkyl carbamates (subject to hydrolysis) is 1. The summed E-state index contributed by atoms with van der Waals surface area (Å²) < 4.78 is 45.7. The number of halogens is 3. The van der Waals surface area contributed by atoms with Crippen LogP contribution in [0.5, 0.6) is 0 Å². The molecule has 32 heavy (non-hydrogen) atoms. The number of nitrogens with one attached hydrogen (secondary N) is 1. The Balaban J connectivity index is 1.45. The largest absolute Gasteiger partial charge is 0.480 e. The number of aliphatic carboxylic acids is 1. The lowest BCUT2D eigenvalue weighted by atomic mass is 9.98. The van der Waals surface area contributed by atoms with E-state index in [9.17, 15) is 27.9 Å². The van der Waals surface area contributed by atoms with Gasteiger partial charge in [0, 0.05) is 18.4 Å². The predicted octanol–water partition coefficient (Wildman–Crippen LogP) is 4.64. The molecule has 0 radical (unpaired) electrons. The van der Waals surface area contributed by atoms with Crippen LogP contribution in [0.2, 0.25) is 0 Å². The SMILES string of the molecule is O=C(N[C@@H](Cc1cc(F)c(F)cc1F)C(=O)O)OCC1c2ccccc2-c2ccccc21. The number of ether oxygens (including phenoxy) is 1. The second-order valence-electron chi connectivity index (χ2n) is 7.42. The summed E-state index contributed by atoms with van der Waals surface area (Å²) in [5.41, 5.74) is 3.67. The fraction of sp³-hybridized carbons (Fsp3) is 0.167. The molecule has 0 unspecified atom stereocenters. The Morgan fingerprint density at radius 2 is 1.47 bits per heavy atom. The number of hydrogen-bond donors (Lipinski definition) is 2. The first kappa shape index (κ1) is 21.4. The molecule has 164 valence electrons. The highest BCUT2D eigenvalue weighted by molar-refractivity contribution is 5.81. The van der Waals surface area contributed by atoms with Crippen molar-refractivity contribution in [3.8, 4) is 11.1 Å². The van der Waals surface area contributed by atoms with Gasteiger partial charge in [0.05, 0.1) is 0 Å². The number of benzene rings is 3. The summed E-state index contributed by atoms with van der Waals surface area (Å²) in [6.45, 7) is -0.0360. The van der Waals surface area contributed by atoms with Gasteiger partial charge in [-0.3, -0.25) is 0 Å². The number of hydrogen-bond acceptors (Lipinski definition) is 3. The quantitative estimate of drug-likeness (QED) is 0.547. The van der Waals surface area contributed by atoms with Gasteiger partial charge in [0.25, 0.3) is 0 Å². The number of carboxylic acid groups (broad SMARTS) is 1. The zero-order valence-corrected chi connectivity index (χ0v) is 16.6. The maximum absolute atomic E-state index is 13.9. The summed E-state index contributed by atoms with van der Waals surface area (Å²) >= 11 is 0. The molecule has 3 aromatic carbocycles. The number of amides is 1. The van der Waals surface area contributed by atoms with E-state index in [1.807, 2.05) is 48.5 Å². The van der Waals surface area contributed by atoms with Crippen LogP contribution in [0, 0.1) is 17.5 Å². The summed E-state index contributed by atoms with van der Waals surface area (Å²) in [4.78, 5) is 23.8. The van der Waals surface area contributed by atoms with Gasteiger partial charge >= 0.3 is 12.1 Å². The summed E-state index contributed by atoms with van der Waals surface area (Å²) in [5, 5.41) is 11.5. The lowest BCUT2D eigenvalue weighted by molar-refractivity contribution is -0.139. The van der Waals surface area contributed by atoms with Crippen molar-refractivity contribution < 1.29 is 32.6 Å². The van der Waals surface area contributed by atoms with Crippen LogP contribution >= 0.6 is 0 Å². The Hall–Kier alpha value is -3.81. The molecule has 1 amide bonds. The third-order valence-electron chi connectivity index (χ3n) is 5.45. The van der Waals surface area contributed by atoms with Crippen molar-refractivity contribution in [3.63, 3.8) is 0 Å². The van der Waals surface area contributed by atoms with Crippen molar-refractivity contribution >= 4 is 12.1 Å². The molecule has 0 saturated carbocycles. The van der Waals surface area contributed by atoms with Gasteiger partial charge in [-0.1, -0.05) is 48.5 Å². The van der Waals surface area contributed by atoms with Crippen molar-refractivity contribution in [2.24, 2.45) is 0 Å². The Morgan fingerprint density at radius 3 is 2.06 bits per heavy atom. The molecule has 3 aromatic rings. The third kappa shape index (κ3) is 4.16. The van der Waals surface area contributed by atoms with Crippen molar-refractivity contribution in [1.82, 2.24) is 5.32 Å². The monoisotopic (exact) mass is 441 g/mol. The molecule has 0 bridgehead atoms. The minimum atomic E-state index is -1.59. The minimum Gasteiger partial charge on any atom is -0.480 e. The standard InChI is InChI=1S/C24H18F3NO4/c25-19-11-21(27)20(26)9-13(19)10-22(23(29)30)28-24(31)32-12-18-16-7-3-1-5-14(16)15-6-2-4-8-17(15)18/h1-9,11,18,22H,10,12H2,(H,28,31)(H,29,30)/t22-/m0/s1. The first-order valence-electron chi connectivity index (χ1n) is 9.83. The highest BCUT2D eigenvalue weighted by Gasteiger charge is 2.30. The molecule has 0 saturated heterocycles. The van der Waals surface area contributed by atoms with E-state index in [1.54, 1.807) is 0 Å². The van der Waals surface area contributed by atoms with Crippen molar-refractivity contribution in [2.75, 3.05) is 6.61 Å². The second-order valence-corrected chi connectivity index (χ2v) is 7.42. The molecule has 5 nitrogen and oxygen atoms in total. The van der Waals surface area contributed by atoms with E-state index in [2.05, 4.69) is 5.32 Å². The maximum Gasteiger partial charge on any atom is 0.407 e. The van der Waals surface area contributed by atoms with E-state index in [4.69, 9.17) is 4.74 Å². The number of carbonyl (C=O) groups is 2. The second kappa shape index (κ2) is 8.74. The fourth-order valence-electron chi connectivity index (χ4n) is 3.92. The molecular weight excluding hydrogens is 423 g/mol. The molecule has 1 aliphatic rings. The number of fused-ring (bicyclic) bond motifs is 3. The van der Waals surface area contributed by atoms with Crippen LogP contribution in [0.4, 0.5) is 18.0 Å². The first-order valence-corrected chi connectivity index (χ1v) is 9.83. The molecule has 0 spiro atoms. The van der Waals surface area contributed by atoms with E-state index < -0.39 is 42.0 Å². The van der Waals surface area contributed by atoms with Gasteiger partial charge in [-0.15, -0.1) is 0 Å². The van der Waals surface area contributed by atoms with Crippen LogP contribution in [0.1, 0.15) is 22.6 Å². The Kier molecular flexibility index (Phi) is 5.85. The van der Waals surface area contributed by atoms with Crippen molar-refractivity contribution in [1.29, 1.82) is 0 Å². The summed E-state index contributed by atoms with van der Waals surface area (Å²) in [6, 6.07) is 14.7. The van der Waals surface area contributed by atoms with E-state index in [-0.39, 0.29) is 18.1 Å². The number of carboxylic acids is 1. The van der Waals surface area contributed by atoms with Crippen LogP contribution in [0.25, 0.3) is 11.1 Å². The summed E-state index contributed by atoms with van der Waals surface area (Å²) in [7, 11) is 0. The number of rotatable bonds is 6. The molecule has 0 heterocycles. The average Bonchev–Trinajstić information content (AvgIpc) is 3.09. The zero-order valence-electron chi connectivity index (χ0n) is 16.6. The van der Waals surface area contributed by atoms with Gasteiger partial charge in [-0.2, -0.15) is 0 Å². The highest BCUT2D eigenvalue weighted by Crippen LogP contribution is 2.44. The average molecular weight is 441 g/mol. The van der Waals surface area contributed by atoms with Crippen LogP contribution < -0.4 is 5.32 Å². The zero-order chi connectivity index (χ0) is 22.8. The van der Waals surface area contributed by atoms with Gasteiger partial charge in [0.15, 0.2) is 11.6 Å². The van der Waals surface area contributed by atoms with E-state index in [0.29, 0.717) is 12.1 Å². The lowest BCUT2D eigenvalue weighted by Gasteiger charge is -2.18. The number of carbonyl (C=O) groups excluding carboxylic acids is 1. The van der Waals surface area contributed by atoms with Gasteiger partial charge in [-0.25, -0.2) is 22.8 Å². The van der Waals surface area contributed by atoms with Crippen molar-refractivity contribution in [3.05, 3.63) is 94.8 Å². The molecular formula is C24H18F3NO4. The first-order chi connectivity index (χ1) is 15.3. The van der Waals surface area contributed by atoms with Crippen LogP contribution in [0.15, 0.2) is 60.7 Å². The van der Waals surface area contributed by atoms with E-state index in [0.717, 1.165) is 22.3 Å². The van der Waals surface area contributed by atoms with Crippen LogP contribution in [0.3, 0.4) is 0 Å². The molecule has 4 rings (SSSR count). The Bertz CT molecular complexity index is 1150. The van der Waals surface area contributed by atoms with Crippen LogP contribution in [-0.2, 0) is 16.0 Å². The van der Waals surface area contributed by atoms with E-state index >= 15 is 0 Å². The topological polar surface area (TPSA) is 75.6 Å². The third-order valence-corrected chi connectivity index (χ3v) is 5.45. The Labute approximate surface area is 181 Å². The molecule has 8 heteroatoms. The highest BCUT2D eigenvalue weighted by atomic mass is 19.2. The molecule has 0 fully saturated rings. The van der Waals surface area contributed by atoms with Crippen molar-refractivity contribution in [2.45, 2.75) is 18.4 Å². The van der Waals surface area contributed by atoms with Gasteiger partial charge < -0.3 is 15.2 Å².